The van der Waals surface area contributed by atoms with Gasteiger partial charge in [0.15, 0.2) is 0 Å². The van der Waals surface area contributed by atoms with Gasteiger partial charge in [-0.1, -0.05) is 29.8 Å². The molecule has 0 saturated heterocycles. The van der Waals surface area contributed by atoms with Crippen LogP contribution in [-0.4, -0.2) is 27.0 Å². The predicted octanol–water partition coefficient (Wildman–Crippen LogP) is 1.86. The van der Waals surface area contributed by atoms with E-state index in [2.05, 4.69) is 12.1 Å². The van der Waals surface area contributed by atoms with Crippen LogP contribution in [0, 0.1) is 6.92 Å². The van der Waals surface area contributed by atoms with Gasteiger partial charge >= 0.3 is 0 Å². The lowest BCUT2D eigenvalue weighted by Gasteiger charge is -2.15. The Morgan fingerprint density at radius 3 is 2.59 bits per heavy atom. The molecule has 0 amide bonds. The highest BCUT2D eigenvalue weighted by Crippen LogP contribution is 2.21. The molecule has 4 heteroatoms. The third-order valence-corrected chi connectivity index (χ3v) is 3.90. The SMILES string of the molecule is Cc1cccc(C(CN)CCCS(C)(=O)=O)c1. The molecule has 1 unspecified atom stereocenters. The van der Waals surface area contributed by atoms with Crippen molar-refractivity contribution in [3.8, 4) is 0 Å². The third kappa shape index (κ3) is 5.33. The molecular weight excluding hydrogens is 234 g/mol. The maximum absolute atomic E-state index is 11.1. The number of nitrogens with two attached hydrogens (primary N) is 1. The fourth-order valence-corrected chi connectivity index (χ4v) is 2.63. The Kier molecular flexibility index (Phi) is 5.15. The summed E-state index contributed by atoms with van der Waals surface area (Å²) in [4.78, 5) is 0. The molecule has 0 radical (unpaired) electrons. The number of hydrogen-bond acceptors (Lipinski definition) is 3. The van der Waals surface area contributed by atoms with Crippen LogP contribution >= 0.6 is 0 Å². The van der Waals surface area contributed by atoms with Gasteiger partial charge in [0.1, 0.15) is 9.84 Å². The zero-order valence-corrected chi connectivity index (χ0v) is 11.3. The molecular formula is C13H21NO2S. The summed E-state index contributed by atoms with van der Waals surface area (Å²) in [6, 6.07) is 8.25. The Morgan fingerprint density at radius 1 is 1.35 bits per heavy atom. The standard InChI is InChI=1S/C13H21NO2S/c1-11-5-3-6-12(9-11)13(10-14)7-4-8-17(2,15)16/h3,5-6,9,13H,4,7-8,10,14H2,1-2H3. The summed E-state index contributed by atoms with van der Waals surface area (Å²) in [7, 11) is -2.86. The van der Waals surface area contributed by atoms with Crippen molar-refractivity contribution < 1.29 is 8.42 Å². The summed E-state index contributed by atoms with van der Waals surface area (Å²) in [6.45, 7) is 2.61. The number of sulfone groups is 1. The van der Waals surface area contributed by atoms with E-state index in [4.69, 9.17) is 5.73 Å². The van der Waals surface area contributed by atoms with E-state index in [1.54, 1.807) is 0 Å². The van der Waals surface area contributed by atoms with Gasteiger partial charge in [-0.25, -0.2) is 8.42 Å². The van der Waals surface area contributed by atoms with E-state index in [1.807, 2.05) is 19.1 Å². The smallest absolute Gasteiger partial charge is 0.147 e. The van der Waals surface area contributed by atoms with Gasteiger partial charge in [0.2, 0.25) is 0 Å². The maximum atomic E-state index is 11.1. The first kappa shape index (κ1) is 14.2. The minimum Gasteiger partial charge on any atom is -0.330 e. The molecule has 17 heavy (non-hydrogen) atoms. The summed E-state index contributed by atoms with van der Waals surface area (Å²) < 4.78 is 22.1. The fourth-order valence-electron chi connectivity index (χ4n) is 1.94. The van der Waals surface area contributed by atoms with Crippen molar-refractivity contribution in [1.82, 2.24) is 0 Å². The molecule has 0 bridgehead atoms. The average Bonchev–Trinajstić information content (AvgIpc) is 2.23. The van der Waals surface area contributed by atoms with E-state index in [-0.39, 0.29) is 11.7 Å². The van der Waals surface area contributed by atoms with Gasteiger partial charge in [0.25, 0.3) is 0 Å². The average molecular weight is 255 g/mol. The van der Waals surface area contributed by atoms with Gasteiger partial charge in [-0.15, -0.1) is 0 Å². The van der Waals surface area contributed by atoms with Crippen molar-refractivity contribution in [2.75, 3.05) is 18.6 Å². The van der Waals surface area contributed by atoms with E-state index >= 15 is 0 Å². The van der Waals surface area contributed by atoms with Crippen LogP contribution in [0.15, 0.2) is 24.3 Å². The van der Waals surface area contributed by atoms with E-state index in [0.29, 0.717) is 13.0 Å². The molecule has 1 rings (SSSR count). The van der Waals surface area contributed by atoms with Crippen molar-refractivity contribution in [3.05, 3.63) is 35.4 Å². The first-order valence-electron chi connectivity index (χ1n) is 5.87. The molecule has 0 spiro atoms. The van der Waals surface area contributed by atoms with Crippen molar-refractivity contribution >= 4 is 9.84 Å². The largest absolute Gasteiger partial charge is 0.330 e. The van der Waals surface area contributed by atoms with Gasteiger partial charge in [-0.2, -0.15) is 0 Å². The Balaban J connectivity index is 2.60. The van der Waals surface area contributed by atoms with Crippen LogP contribution in [-0.2, 0) is 9.84 Å². The van der Waals surface area contributed by atoms with Crippen molar-refractivity contribution in [2.24, 2.45) is 5.73 Å². The normalized spacial score (nSPS) is 13.6. The molecule has 0 aliphatic rings. The molecule has 0 heterocycles. The second-order valence-electron chi connectivity index (χ2n) is 4.62. The lowest BCUT2D eigenvalue weighted by atomic mass is 9.93. The summed E-state index contributed by atoms with van der Waals surface area (Å²) in [5.41, 5.74) is 8.18. The summed E-state index contributed by atoms with van der Waals surface area (Å²) in [5.74, 6) is 0.506. The zero-order chi connectivity index (χ0) is 12.9. The van der Waals surface area contributed by atoms with Crippen molar-refractivity contribution in [3.63, 3.8) is 0 Å². The van der Waals surface area contributed by atoms with E-state index in [0.717, 1.165) is 6.42 Å². The fraction of sp³-hybridized carbons (Fsp3) is 0.538. The first-order valence-corrected chi connectivity index (χ1v) is 7.93. The van der Waals surface area contributed by atoms with Crippen LogP contribution in [0.5, 0.6) is 0 Å². The number of hydrogen-bond donors (Lipinski definition) is 1. The van der Waals surface area contributed by atoms with Gasteiger partial charge in [-0.3, -0.25) is 0 Å². The number of benzene rings is 1. The molecule has 0 saturated carbocycles. The Hall–Kier alpha value is -0.870. The Morgan fingerprint density at radius 2 is 2.06 bits per heavy atom. The molecule has 1 aromatic carbocycles. The first-order chi connectivity index (χ1) is 7.92. The topological polar surface area (TPSA) is 60.2 Å². The van der Waals surface area contributed by atoms with Crippen LogP contribution in [0.2, 0.25) is 0 Å². The van der Waals surface area contributed by atoms with E-state index < -0.39 is 9.84 Å². The third-order valence-electron chi connectivity index (χ3n) is 2.87. The maximum Gasteiger partial charge on any atom is 0.147 e. The van der Waals surface area contributed by atoms with Crippen molar-refractivity contribution in [1.29, 1.82) is 0 Å². The van der Waals surface area contributed by atoms with Gasteiger partial charge in [-0.05, 0) is 37.8 Å². The molecule has 0 fully saturated rings. The minimum absolute atomic E-state index is 0.245. The second-order valence-corrected chi connectivity index (χ2v) is 6.88. The molecule has 2 N–H and O–H groups in total. The Labute approximate surface area is 104 Å². The molecule has 1 aromatic rings. The van der Waals surface area contributed by atoms with Crippen LogP contribution in [0.25, 0.3) is 0 Å². The van der Waals surface area contributed by atoms with Crippen molar-refractivity contribution in [2.45, 2.75) is 25.7 Å². The van der Waals surface area contributed by atoms with Crippen LogP contribution in [0.4, 0.5) is 0 Å². The molecule has 0 aromatic heterocycles. The predicted molar refractivity (Wildman–Crippen MR) is 71.9 cm³/mol. The number of rotatable bonds is 6. The van der Waals surface area contributed by atoms with E-state index in [1.165, 1.54) is 17.4 Å². The second kappa shape index (κ2) is 6.17. The molecule has 0 aliphatic carbocycles. The molecule has 0 aliphatic heterocycles. The van der Waals surface area contributed by atoms with Crippen LogP contribution < -0.4 is 5.73 Å². The Bertz CT molecular complexity index is 454. The minimum atomic E-state index is -2.86. The van der Waals surface area contributed by atoms with Gasteiger partial charge in [0, 0.05) is 12.0 Å². The monoisotopic (exact) mass is 255 g/mol. The molecule has 3 nitrogen and oxygen atoms in total. The highest BCUT2D eigenvalue weighted by Gasteiger charge is 2.11. The highest BCUT2D eigenvalue weighted by molar-refractivity contribution is 7.90. The van der Waals surface area contributed by atoms with E-state index in [9.17, 15) is 8.42 Å². The summed E-state index contributed by atoms with van der Waals surface area (Å²) in [6.07, 6.45) is 2.78. The lowest BCUT2D eigenvalue weighted by molar-refractivity contribution is 0.584. The summed E-state index contributed by atoms with van der Waals surface area (Å²) in [5, 5.41) is 0. The summed E-state index contributed by atoms with van der Waals surface area (Å²) >= 11 is 0. The lowest BCUT2D eigenvalue weighted by Crippen LogP contribution is -2.14. The van der Waals surface area contributed by atoms with Gasteiger partial charge < -0.3 is 5.73 Å². The zero-order valence-electron chi connectivity index (χ0n) is 10.5. The molecule has 1 atom stereocenters. The van der Waals surface area contributed by atoms with Crippen LogP contribution in [0.1, 0.15) is 29.9 Å². The van der Waals surface area contributed by atoms with Gasteiger partial charge in [0.05, 0.1) is 0 Å². The quantitative estimate of drug-likeness (QED) is 0.844. The number of aryl methyl sites for hydroxylation is 1. The highest BCUT2D eigenvalue weighted by atomic mass is 32.2. The molecule has 96 valence electrons. The van der Waals surface area contributed by atoms with Crippen LogP contribution in [0.3, 0.4) is 0 Å².